The SMILES string of the molecule is CS(=O)(=O)NC(=O)c1ccc(N2CCCC2=O)cc1. The van der Waals surface area contributed by atoms with E-state index in [1.807, 2.05) is 4.72 Å². The maximum Gasteiger partial charge on any atom is 0.264 e. The lowest BCUT2D eigenvalue weighted by molar-refractivity contribution is -0.117. The summed E-state index contributed by atoms with van der Waals surface area (Å²) in [7, 11) is -3.57. The molecule has 7 heteroatoms. The summed E-state index contributed by atoms with van der Waals surface area (Å²) in [6, 6.07) is 6.28. The molecule has 0 atom stereocenters. The van der Waals surface area contributed by atoms with Gasteiger partial charge in [0.2, 0.25) is 15.9 Å². The summed E-state index contributed by atoms with van der Waals surface area (Å²) >= 11 is 0. The number of nitrogens with zero attached hydrogens (tertiary/aromatic N) is 1. The molecule has 1 aliphatic heterocycles. The molecule has 1 saturated heterocycles. The van der Waals surface area contributed by atoms with Crippen LogP contribution in [0.3, 0.4) is 0 Å². The van der Waals surface area contributed by atoms with Crippen LogP contribution in [0.2, 0.25) is 0 Å². The number of benzene rings is 1. The van der Waals surface area contributed by atoms with Crippen LogP contribution in [-0.2, 0) is 14.8 Å². The Hall–Kier alpha value is -1.89. The first-order valence-corrected chi connectivity index (χ1v) is 7.68. The zero-order chi connectivity index (χ0) is 14.0. The van der Waals surface area contributed by atoms with Crippen molar-refractivity contribution in [2.24, 2.45) is 0 Å². The smallest absolute Gasteiger partial charge is 0.264 e. The largest absolute Gasteiger partial charge is 0.312 e. The molecule has 0 saturated carbocycles. The van der Waals surface area contributed by atoms with Gasteiger partial charge in [-0.25, -0.2) is 13.1 Å². The minimum absolute atomic E-state index is 0.0633. The van der Waals surface area contributed by atoms with Gasteiger partial charge in [0.1, 0.15) is 0 Å². The third-order valence-electron chi connectivity index (χ3n) is 2.79. The van der Waals surface area contributed by atoms with Crippen LogP contribution in [0.5, 0.6) is 0 Å². The lowest BCUT2D eigenvalue weighted by Crippen LogP contribution is -2.29. The summed E-state index contributed by atoms with van der Waals surface area (Å²) in [6.07, 6.45) is 2.29. The normalized spacial score (nSPS) is 15.6. The summed E-state index contributed by atoms with van der Waals surface area (Å²) in [5.41, 5.74) is 0.958. The predicted molar refractivity (Wildman–Crippen MR) is 70.3 cm³/mol. The number of anilines is 1. The van der Waals surface area contributed by atoms with E-state index in [0.717, 1.165) is 18.4 Å². The Balaban J connectivity index is 2.14. The van der Waals surface area contributed by atoms with Crippen LogP contribution < -0.4 is 9.62 Å². The first-order chi connectivity index (χ1) is 8.87. The molecule has 1 heterocycles. The van der Waals surface area contributed by atoms with Gasteiger partial charge in [-0.1, -0.05) is 0 Å². The number of hydrogen-bond donors (Lipinski definition) is 1. The minimum atomic E-state index is -3.57. The summed E-state index contributed by atoms with van der Waals surface area (Å²) < 4.78 is 23.8. The number of carbonyl (C=O) groups excluding carboxylic acids is 2. The number of sulfonamides is 1. The van der Waals surface area contributed by atoms with Crippen molar-refractivity contribution in [2.45, 2.75) is 12.8 Å². The molecule has 102 valence electrons. The molecule has 19 heavy (non-hydrogen) atoms. The van der Waals surface area contributed by atoms with Gasteiger partial charge in [-0.15, -0.1) is 0 Å². The summed E-state index contributed by atoms with van der Waals surface area (Å²) in [5, 5.41) is 0. The van der Waals surface area contributed by atoms with Gasteiger partial charge in [0.25, 0.3) is 5.91 Å². The average Bonchev–Trinajstić information content (AvgIpc) is 2.73. The molecule has 0 bridgehead atoms. The average molecular weight is 282 g/mol. The van der Waals surface area contributed by atoms with E-state index >= 15 is 0 Å². The van der Waals surface area contributed by atoms with Crippen molar-refractivity contribution in [3.05, 3.63) is 29.8 Å². The highest BCUT2D eigenvalue weighted by Gasteiger charge is 2.21. The molecule has 1 fully saturated rings. The summed E-state index contributed by atoms with van der Waals surface area (Å²) in [5.74, 6) is -0.616. The van der Waals surface area contributed by atoms with Crippen LogP contribution in [-0.4, -0.2) is 33.0 Å². The highest BCUT2D eigenvalue weighted by atomic mass is 32.2. The van der Waals surface area contributed by atoms with Gasteiger partial charge in [0.15, 0.2) is 0 Å². The fourth-order valence-corrected chi connectivity index (χ4v) is 2.40. The third-order valence-corrected chi connectivity index (χ3v) is 3.35. The van der Waals surface area contributed by atoms with E-state index in [4.69, 9.17) is 0 Å². The van der Waals surface area contributed by atoms with Gasteiger partial charge >= 0.3 is 0 Å². The van der Waals surface area contributed by atoms with E-state index in [1.54, 1.807) is 17.0 Å². The van der Waals surface area contributed by atoms with Crippen molar-refractivity contribution in [1.29, 1.82) is 0 Å². The molecule has 1 N–H and O–H groups in total. The molecule has 1 aromatic rings. The lowest BCUT2D eigenvalue weighted by Gasteiger charge is -2.15. The minimum Gasteiger partial charge on any atom is -0.312 e. The number of carbonyl (C=O) groups is 2. The Morgan fingerprint density at radius 1 is 1.26 bits per heavy atom. The molecule has 2 rings (SSSR count). The van der Waals surface area contributed by atoms with Crippen molar-refractivity contribution in [3.63, 3.8) is 0 Å². The molecule has 0 aliphatic carbocycles. The highest BCUT2D eigenvalue weighted by Crippen LogP contribution is 2.21. The predicted octanol–water partition coefficient (Wildman–Crippen LogP) is 0.503. The van der Waals surface area contributed by atoms with Crippen molar-refractivity contribution >= 4 is 27.5 Å². The van der Waals surface area contributed by atoms with E-state index in [2.05, 4.69) is 0 Å². The van der Waals surface area contributed by atoms with Gasteiger partial charge in [-0.05, 0) is 30.7 Å². The Morgan fingerprint density at radius 3 is 2.37 bits per heavy atom. The van der Waals surface area contributed by atoms with Crippen molar-refractivity contribution < 1.29 is 18.0 Å². The number of rotatable bonds is 3. The van der Waals surface area contributed by atoms with Gasteiger partial charge in [0, 0.05) is 24.2 Å². The maximum atomic E-state index is 11.6. The first kappa shape index (κ1) is 13.5. The van der Waals surface area contributed by atoms with E-state index in [0.29, 0.717) is 13.0 Å². The van der Waals surface area contributed by atoms with Crippen LogP contribution in [0.1, 0.15) is 23.2 Å². The highest BCUT2D eigenvalue weighted by molar-refractivity contribution is 7.89. The second-order valence-electron chi connectivity index (χ2n) is 4.40. The third kappa shape index (κ3) is 3.31. The Morgan fingerprint density at radius 2 is 1.89 bits per heavy atom. The van der Waals surface area contributed by atoms with Crippen molar-refractivity contribution in [3.8, 4) is 0 Å². The lowest BCUT2D eigenvalue weighted by atomic mass is 10.2. The molecular formula is C12H14N2O4S. The van der Waals surface area contributed by atoms with Gasteiger partial charge in [0.05, 0.1) is 6.26 Å². The van der Waals surface area contributed by atoms with E-state index in [-0.39, 0.29) is 11.5 Å². The molecule has 0 aromatic heterocycles. The number of nitrogens with one attached hydrogen (secondary N) is 1. The Bertz CT molecular complexity index is 607. The topological polar surface area (TPSA) is 83.6 Å². The Kier molecular flexibility index (Phi) is 3.57. The van der Waals surface area contributed by atoms with Crippen LogP contribution in [0.15, 0.2) is 24.3 Å². The quantitative estimate of drug-likeness (QED) is 0.875. The van der Waals surface area contributed by atoms with Crippen LogP contribution in [0.25, 0.3) is 0 Å². The second-order valence-corrected chi connectivity index (χ2v) is 6.15. The van der Waals surface area contributed by atoms with Crippen molar-refractivity contribution in [2.75, 3.05) is 17.7 Å². The molecule has 2 amide bonds. The molecule has 0 radical (unpaired) electrons. The number of hydrogen-bond acceptors (Lipinski definition) is 4. The zero-order valence-corrected chi connectivity index (χ0v) is 11.2. The van der Waals surface area contributed by atoms with Crippen molar-refractivity contribution in [1.82, 2.24) is 4.72 Å². The molecule has 6 nitrogen and oxygen atoms in total. The van der Waals surface area contributed by atoms with Crippen LogP contribution >= 0.6 is 0 Å². The maximum absolute atomic E-state index is 11.6. The number of amides is 2. The monoisotopic (exact) mass is 282 g/mol. The first-order valence-electron chi connectivity index (χ1n) is 5.79. The Labute approximate surface area is 111 Å². The standard InChI is InChI=1S/C12H14N2O4S/c1-19(17,18)13-12(16)9-4-6-10(7-5-9)14-8-2-3-11(14)15/h4-7H,2-3,8H2,1H3,(H,13,16). The van der Waals surface area contributed by atoms with E-state index in [1.165, 1.54) is 12.1 Å². The fourth-order valence-electron chi connectivity index (χ4n) is 1.94. The van der Waals surface area contributed by atoms with Crippen LogP contribution in [0.4, 0.5) is 5.69 Å². The van der Waals surface area contributed by atoms with Gasteiger partial charge < -0.3 is 4.90 Å². The molecule has 1 aliphatic rings. The summed E-state index contributed by atoms with van der Waals surface area (Å²) in [4.78, 5) is 24.8. The molecule has 0 unspecified atom stereocenters. The molecular weight excluding hydrogens is 268 g/mol. The second kappa shape index (κ2) is 5.00. The van der Waals surface area contributed by atoms with Crippen LogP contribution in [0, 0.1) is 0 Å². The zero-order valence-electron chi connectivity index (χ0n) is 10.4. The van der Waals surface area contributed by atoms with Gasteiger partial charge in [-0.3, -0.25) is 9.59 Å². The fraction of sp³-hybridized carbons (Fsp3) is 0.333. The van der Waals surface area contributed by atoms with E-state index in [9.17, 15) is 18.0 Å². The summed E-state index contributed by atoms with van der Waals surface area (Å²) in [6.45, 7) is 0.674. The van der Waals surface area contributed by atoms with Gasteiger partial charge in [-0.2, -0.15) is 0 Å². The molecule has 1 aromatic carbocycles. The molecule has 0 spiro atoms. The van der Waals surface area contributed by atoms with E-state index < -0.39 is 15.9 Å².